The molecule has 3 heterocycles. The van der Waals surface area contributed by atoms with Crippen molar-refractivity contribution in [2.75, 3.05) is 12.4 Å². The van der Waals surface area contributed by atoms with Crippen LogP contribution in [-0.4, -0.2) is 37.8 Å². The summed E-state index contributed by atoms with van der Waals surface area (Å²) in [7, 11) is 1.33. The summed E-state index contributed by atoms with van der Waals surface area (Å²) in [6.45, 7) is 3.70. The summed E-state index contributed by atoms with van der Waals surface area (Å²) in [6, 6.07) is 10.3. The van der Waals surface area contributed by atoms with Gasteiger partial charge in [-0.1, -0.05) is 0 Å². The number of H-pyrrole nitrogens is 1. The van der Waals surface area contributed by atoms with E-state index in [1.807, 2.05) is 19.9 Å². The van der Waals surface area contributed by atoms with Crippen molar-refractivity contribution in [2.24, 2.45) is 0 Å². The molecule has 2 N–H and O–H groups in total. The molecule has 0 saturated heterocycles. The maximum absolute atomic E-state index is 12.3. The lowest BCUT2D eigenvalue weighted by atomic mass is 10.2. The highest BCUT2D eigenvalue weighted by atomic mass is 16.5. The van der Waals surface area contributed by atoms with Crippen LogP contribution in [0.1, 0.15) is 21.9 Å². The number of hydrogen-bond donors (Lipinski definition) is 2. The Morgan fingerprint density at radius 1 is 1.10 bits per heavy atom. The number of carbonyl (C=O) groups excluding carboxylic acids is 1. The number of ether oxygens (including phenoxy) is 1. The second kappa shape index (κ2) is 7.19. The van der Waals surface area contributed by atoms with Crippen LogP contribution in [-0.2, 0) is 4.74 Å². The summed E-state index contributed by atoms with van der Waals surface area (Å²) in [5, 5.41) is 6.38. The van der Waals surface area contributed by atoms with Crippen LogP contribution in [0.2, 0.25) is 0 Å². The minimum atomic E-state index is -0.423. The minimum Gasteiger partial charge on any atom is -0.465 e. The van der Waals surface area contributed by atoms with Gasteiger partial charge < -0.3 is 10.1 Å². The lowest BCUT2D eigenvalue weighted by Gasteiger charge is -2.08. The van der Waals surface area contributed by atoms with Crippen LogP contribution in [0.25, 0.3) is 16.6 Å². The molecule has 29 heavy (non-hydrogen) atoms. The number of benzene rings is 1. The number of aryl methyl sites for hydroxylation is 2. The maximum Gasteiger partial charge on any atom is 0.337 e. The van der Waals surface area contributed by atoms with Crippen molar-refractivity contribution in [1.29, 1.82) is 0 Å². The predicted octanol–water partition coefficient (Wildman–Crippen LogP) is 2.65. The van der Waals surface area contributed by atoms with Crippen molar-refractivity contribution in [3.63, 3.8) is 0 Å². The van der Waals surface area contributed by atoms with Gasteiger partial charge in [-0.15, -0.1) is 0 Å². The molecule has 146 valence electrons. The van der Waals surface area contributed by atoms with E-state index in [0.717, 1.165) is 5.69 Å². The molecule has 9 heteroatoms. The van der Waals surface area contributed by atoms with Crippen LogP contribution in [0.5, 0.6) is 0 Å². The fraction of sp³-hybridized carbons (Fsp3) is 0.150. The van der Waals surface area contributed by atoms with Gasteiger partial charge in [-0.3, -0.25) is 14.6 Å². The fourth-order valence-corrected chi connectivity index (χ4v) is 3.08. The molecule has 0 fully saturated rings. The van der Waals surface area contributed by atoms with Gasteiger partial charge >= 0.3 is 5.97 Å². The first-order chi connectivity index (χ1) is 13.9. The van der Waals surface area contributed by atoms with Gasteiger partial charge in [0.1, 0.15) is 17.5 Å². The molecule has 1 aromatic carbocycles. The molecular formula is C20H18N6O3. The van der Waals surface area contributed by atoms with Gasteiger partial charge in [0.05, 0.1) is 29.3 Å². The molecule has 0 unspecified atom stereocenters. The fourth-order valence-electron chi connectivity index (χ4n) is 3.08. The Morgan fingerprint density at radius 3 is 2.55 bits per heavy atom. The third-order valence-corrected chi connectivity index (χ3v) is 4.35. The summed E-state index contributed by atoms with van der Waals surface area (Å²) in [4.78, 5) is 36.9. The first kappa shape index (κ1) is 18.4. The van der Waals surface area contributed by atoms with Crippen LogP contribution in [0, 0.1) is 13.8 Å². The van der Waals surface area contributed by atoms with Crippen molar-refractivity contribution in [1.82, 2.24) is 24.7 Å². The van der Waals surface area contributed by atoms with Gasteiger partial charge in [-0.2, -0.15) is 0 Å². The number of nitrogens with zero attached hydrogens (tertiary/aromatic N) is 4. The number of aromatic amines is 1. The van der Waals surface area contributed by atoms with Gasteiger partial charge in [0, 0.05) is 24.0 Å². The highest BCUT2D eigenvalue weighted by Crippen LogP contribution is 2.20. The first-order valence-electron chi connectivity index (χ1n) is 8.83. The van der Waals surface area contributed by atoms with Crippen LogP contribution in [0.4, 0.5) is 11.6 Å². The Labute approximate surface area is 165 Å². The zero-order chi connectivity index (χ0) is 20.5. The molecule has 0 amide bonds. The van der Waals surface area contributed by atoms with E-state index in [2.05, 4.69) is 25.4 Å². The van der Waals surface area contributed by atoms with E-state index in [0.29, 0.717) is 39.6 Å². The smallest absolute Gasteiger partial charge is 0.337 e. The minimum absolute atomic E-state index is 0.259. The van der Waals surface area contributed by atoms with E-state index < -0.39 is 5.97 Å². The number of nitrogens with one attached hydrogen (secondary N) is 2. The average molecular weight is 390 g/mol. The van der Waals surface area contributed by atoms with Gasteiger partial charge in [0.25, 0.3) is 5.56 Å². The number of fused-ring (bicyclic) bond motifs is 1. The topological polar surface area (TPSA) is 115 Å². The maximum atomic E-state index is 12.3. The van der Waals surface area contributed by atoms with Crippen molar-refractivity contribution in [3.8, 4) is 5.69 Å². The van der Waals surface area contributed by atoms with Gasteiger partial charge in [-0.05, 0) is 38.1 Å². The third kappa shape index (κ3) is 3.57. The molecule has 0 aliphatic rings. The normalized spacial score (nSPS) is 10.9. The first-order valence-corrected chi connectivity index (χ1v) is 8.83. The molecule has 0 radical (unpaired) electrons. The number of aromatic nitrogens is 5. The molecule has 0 bridgehead atoms. The number of methoxy groups -OCH3 is 1. The Hall–Kier alpha value is -4.01. The van der Waals surface area contributed by atoms with E-state index in [1.165, 1.54) is 13.3 Å². The highest BCUT2D eigenvalue weighted by Gasteiger charge is 2.12. The summed E-state index contributed by atoms with van der Waals surface area (Å²) in [5.74, 6) is 1.38. The second-order valence-corrected chi connectivity index (χ2v) is 6.47. The Bertz CT molecular complexity index is 1250. The molecule has 0 spiro atoms. The van der Waals surface area contributed by atoms with Gasteiger partial charge in [0.15, 0.2) is 0 Å². The van der Waals surface area contributed by atoms with E-state index in [9.17, 15) is 9.59 Å². The molecule has 0 aliphatic heterocycles. The summed E-state index contributed by atoms with van der Waals surface area (Å²) in [6.07, 6.45) is 1.51. The molecule has 0 atom stereocenters. The Balaban J connectivity index is 1.74. The SMILES string of the molecule is COC(=O)c1ccc(-n2[nH]c(=O)c3cnc(Nc4cc(C)nc(C)n4)cc32)cc1. The number of rotatable bonds is 4. The van der Waals surface area contributed by atoms with E-state index in [1.54, 1.807) is 35.0 Å². The predicted molar refractivity (Wildman–Crippen MR) is 108 cm³/mol. The van der Waals surface area contributed by atoms with Crippen LogP contribution >= 0.6 is 0 Å². The lowest BCUT2D eigenvalue weighted by Crippen LogP contribution is -2.05. The van der Waals surface area contributed by atoms with Gasteiger partial charge in [0.2, 0.25) is 0 Å². The molecule has 0 aliphatic carbocycles. The molecule has 4 aromatic rings. The average Bonchev–Trinajstić information content (AvgIpc) is 3.03. The molecule has 3 aromatic heterocycles. The van der Waals surface area contributed by atoms with Gasteiger partial charge in [-0.25, -0.2) is 19.7 Å². The van der Waals surface area contributed by atoms with E-state index in [4.69, 9.17) is 4.74 Å². The molecule has 0 saturated carbocycles. The number of pyridine rings is 1. The lowest BCUT2D eigenvalue weighted by molar-refractivity contribution is 0.0600. The second-order valence-electron chi connectivity index (χ2n) is 6.47. The Morgan fingerprint density at radius 2 is 1.86 bits per heavy atom. The molecular weight excluding hydrogens is 372 g/mol. The zero-order valence-corrected chi connectivity index (χ0v) is 16.1. The van der Waals surface area contributed by atoms with Crippen molar-refractivity contribution >= 4 is 28.5 Å². The van der Waals surface area contributed by atoms with Crippen molar-refractivity contribution in [3.05, 3.63) is 70.0 Å². The van der Waals surface area contributed by atoms with E-state index >= 15 is 0 Å². The van der Waals surface area contributed by atoms with Crippen LogP contribution in [0.3, 0.4) is 0 Å². The molecule has 9 nitrogen and oxygen atoms in total. The van der Waals surface area contributed by atoms with Crippen LogP contribution < -0.4 is 10.9 Å². The highest BCUT2D eigenvalue weighted by molar-refractivity contribution is 5.89. The van der Waals surface area contributed by atoms with E-state index in [-0.39, 0.29) is 5.56 Å². The third-order valence-electron chi connectivity index (χ3n) is 4.35. The number of carbonyl (C=O) groups is 1. The summed E-state index contributed by atoms with van der Waals surface area (Å²) < 4.78 is 6.36. The Kier molecular flexibility index (Phi) is 4.55. The number of esters is 1. The molecule has 4 rings (SSSR count). The zero-order valence-electron chi connectivity index (χ0n) is 16.1. The number of anilines is 2. The standard InChI is InChI=1S/C20H18N6O3/c1-11-8-18(23-12(2)22-11)24-17-9-16-15(10-21-17)19(27)25-26(16)14-6-4-13(5-7-14)20(28)29-3/h4-10H,1-3H3,(H,25,27)(H,21,22,23,24). The van der Waals surface area contributed by atoms with Crippen molar-refractivity contribution in [2.45, 2.75) is 13.8 Å². The summed E-state index contributed by atoms with van der Waals surface area (Å²) in [5.41, 5.74) is 2.33. The monoisotopic (exact) mass is 390 g/mol. The summed E-state index contributed by atoms with van der Waals surface area (Å²) >= 11 is 0. The van der Waals surface area contributed by atoms with Crippen LogP contribution in [0.15, 0.2) is 47.4 Å². The number of hydrogen-bond acceptors (Lipinski definition) is 7. The quantitative estimate of drug-likeness (QED) is 0.515. The van der Waals surface area contributed by atoms with Crippen molar-refractivity contribution < 1.29 is 9.53 Å². The largest absolute Gasteiger partial charge is 0.465 e.